The second kappa shape index (κ2) is 8.28. The molecule has 0 saturated heterocycles. The van der Waals surface area contributed by atoms with Gasteiger partial charge in [-0.15, -0.1) is 0 Å². The molecule has 0 saturated carbocycles. The van der Waals surface area contributed by atoms with Crippen molar-refractivity contribution >= 4 is 0 Å². The van der Waals surface area contributed by atoms with Gasteiger partial charge in [-0.2, -0.15) is 0 Å². The first kappa shape index (κ1) is 15.2. The van der Waals surface area contributed by atoms with E-state index in [0.717, 1.165) is 25.2 Å². The van der Waals surface area contributed by atoms with E-state index in [1.165, 1.54) is 0 Å². The third kappa shape index (κ3) is 6.18. The molecule has 0 aliphatic heterocycles. The Labute approximate surface area is 111 Å². The van der Waals surface area contributed by atoms with Crippen molar-refractivity contribution in [3.63, 3.8) is 0 Å². The Balaban J connectivity index is 2.52. The zero-order valence-electron chi connectivity index (χ0n) is 12.1. The molecule has 18 heavy (non-hydrogen) atoms. The molecule has 0 N–H and O–H groups in total. The maximum Gasteiger partial charge on any atom is 0.183 e. The highest BCUT2D eigenvalue weighted by Crippen LogP contribution is 2.20. The van der Waals surface area contributed by atoms with Crippen LogP contribution in [0.2, 0.25) is 0 Å². The van der Waals surface area contributed by atoms with E-state index in [1.54, 1.807) is 0 Å². The van der Waals surface area contributed by atoms with Crippen molar-refractivity contribution in [1.29, 1.82) is 0 Å². The third-order valence-electron chi connectivity index (χ3n) is 2.62. The summed E-state index contributed by atoms with van der Waals surface area (Å²) in [5.41, 5.74) is 1.10. The Morgan fingerprint density at radius 1 is 0.889 bits per heavy atom. The monoisotopic (exact) mass is 250 g/mol. The number of benzene rings is 1. The van der Waals surface area contributed by atoms with Gasteiger partial charge in [0, 0.05) is 5.56 Å². The molecule has 1 atom stereocenters. The predicted octanol–water partition coefficient (Wildman–Crippen LogP) is 4.42. The van der Waals surface area contributed by atoms with Crippen molar-refractivity contribution in [1.82, 2.24) is 0 Å². The summed E-state index contributed by atoms with van der Waals surface area (Å²) >= 11 is 0. The van der Waals surface area contributed by atoms with Gasteiger partial charge in [-0.1, -0.05) is 58.0 Å². The summed E-state index contributed by atoms with van der Waals surface area (Å²) in [5, 5.41) is 0. The van der Waals surface area contributed by atoms with Crippen molar-refractivity contribution in [3.05, 3.63) is 35.9 Å². The minimum atomic E-state index is -0.229. The van der Waals surface area contributed by atoms with Crippen LogP contribution in [0.5, 0.6) is 0 Å². The van der Waals surface area contributed by atoms with Crippen LogP contribution in [0.4, 0.5) is 0 Å². The van der Waals surface area contributed by atoms with Crippen LogP contribution in [0, 0.1) is 11.8 Å². The zero-order chi connectivity index (χ0) is 13.4. The van der Waals surface area contributed by atoms with Gasteiger partial charge in [-0.25, -0.2) is 0 Å². The van der Waals surface area contributed by atoms with Crippen molar-refractivity contribution in [2.24, 2.45) is 11.8 Å². The molecule has 0 fully saturated rings. The van der Waals surface area contributed by atoms with Crippen molar-refractivity contribution < 1.29 is 9.47 Å². The second-order valence-corrected chi connectivity index (χ2v) is 5.52. The highest BCUT2D eigenvalue weighted by molar-refractivity contribution is 5.15. The molecule has 0 amide bonds. The van der Waals surface area contributed by atoms with Crippen molar-refractivity contribution in [2.75, 3.05) is 13.2 Å². The van der Waals surface area contributed by atoms with E-state index in [1.807, 2.05) is 18.2 Å². The lowest BCUT2D eigenvalue weighted by molar-refractivity contribution is -0.154. The molecule has 0 aliphatic rings. The van der Waals surface area contributed by atoms with E-state index in [0.29, 0.717) is 11.8 Å². The maximum absolute atomic E-state index is 5.87. The van der Waals surface area contributed by atoms with E-state index in [2.05, 4.69) is 39.8 Å². The first-order valence-electron chi connectivity index (χ1n) is 6.87. The van der Waals surface area contributed by atoms with E-state index in [9.17, 15) is 0 Å². The Morgan fingerprint density at radius 2 is 1.56 bits per heavy atom. The number of hydrogen-bond acceptors (Lipinski definition) is 2. The van der Waals surface area contributed by atoms with Gasteiger partial charge in [0.2, 0.25) is 0 Å². The largest absolute Gasteiger partial charge is 0.348 e. The Kier molecular flexibility index (Phi) is 6.99. The minimum Gasteiger partial charge on any atom is -0.348 e. The molecule has 0 aliphatic carbocycles. The number of ether oxygens (including phenoxy) is 2. The molecule has 1 rings (SSSR count). The highest BCUT2D eigenvalue weighted by Gasteiger charge is 2.13. The Hall–Kier alpha value is -0.860. The smallest absolute Gasteiger partial charge is 0.183 e. The lowest BCUT2D eigenvalue weighted by Gasteiger charge is -2.20. The summed E-state index contributed by atoms with van der Waals surface area (Å²) in [7, 11) is 0. The van der Waals surface area contributed by atoms with E-state index < -0.39 is 0 Å². The van der Waals surface area contributed by atoms with Gasteiger partial charge >= 0.3 is 0 Å². The van der Waals surface area contributed by atoms with Gasteiger partial charge < -0.3 is 9.47 Å². The Bertz CT molecular complexity index is 306. The fourth-order valence-electron chi connectivity index (χ4n) is 1.54. The van der Waals surface area contributed by atoms with E-state index in [-0.39, 0.29) is 6.29 Å². The van der Waals surface area contributed by atoms with Crippen LogP contribution in [0.15, 0.2) is 30.3 Å². The van der Waals surface area contributed by atoms with Crippen LogP contribution < -0.4 is 0 Å². The second-order valence-electron chi connectivity index (χ2n) is 5.52. The SMILES string of the molecule is CC(C)CCOC(OCC(C)C)c1ccccc1. The summed E-state index contributed by atoms with van der Waals surface area (Å²) in [5.74, 6) is 1.18. The van der Waals surface area contributed by atoms with Crippen LogP contribution in [0.3, 0.4) is 0 Å². The first-order chi connectivity index (χ1) is 8.59. The molecule has 0 aromatic heterocycles. The molecule has 0 bridgehead atoms. The van der Waals surface area contributed by atoms with E-state index >= 15 is 0 Å². The lowest BCUT2D eigenvalue weighted by atomic mass is 10.1. The van der Waals surface area contributed by atoms with E-state index in [4.69, 9.17) is 9.47 Å². The minimum absolute atomic E-state index is 0.229. The summed E-state index contributed by atoms with van der Waals surface area (Å²) in [6.07, 6.45) is 0.835. The molecular weight excluding hydrogens is 224 g/mol. The topological polar surface area (TPSA) is 18.5 Å². The average molecular weight is 250 g/mol. The van der Waals surface area contributed by atoms with Gasteiger partial charge in [0.05, 0.1) is 13.2 Å². The number of rotatable bonds is 8. The molecule has 0 heterocycles. The standard InChI is InChI=1S/C16H26O2/c1-13(2)10-11-17-16(18-12-14(3)4)15-8-6-5-7-9-15/h5-9,13-14,16H,10-12H2,1-4H3. The van der Waals surface area contributed by atoms with Gasteiger partial charge in [-0.05, 0) is 18.3 Å². The van der Waals surface area contributed by atoms with Crippen LogP contribution in [0.1, 0.15) is 46.0 Å². The van der Waals surface area contributed by atoms with Gasteiger partial charge in [0.15, 0.2) is 6.29 Å². The van der Waals surface area contributed by atoms with Crippen LogP contribution >= 0.6 is 0 Å². The summed E-state index contributed by atoms with van der Waals surface area (Å²) in [4.78, 5) is 0. The average Bonchev–Trinajstić information content (AvgIpc) is 2.34. The molecule has 0 spiro atoms. The molecule has 1 unspecified atom stereocenters. The molecule has 102 valence electrons. The predicted molar refractivity (Wildman–Crippen MR) is 75.4 cm³/mol. The van der Waals surface area contributed by atoms with Gasteiger partial charge in [0.1, 0.15) is 0 Å². The molecule has 0 radical (unpaired) electrons. The molecule has 1 aromatic carbocycles. The lowest BCUT2D eigenvalue weighted by Crippen LogP contribution is -2.14. The van der Waals surface area contributed by atoms with Crippen LogP contribution in [0.25, 0.3) is 0 Å². The maximum atomic E-state index is 5.87. The molecular formula is C16H26O2. The number of hydrogen-bond donors (Lipinski definition) is 0. The van der Waals surface area contributed by atoms with Crippen molar-refractivity contribution in [2.45, 2.75) is 40.4 Å². The summed E-state index contributed by atoms with van der Waals surface area (Å²) in [6, 6.07) is 10.2. The highest BCUT2D eigenvalue weighted by atomic mass is 16.7. The molecule has 1 aromatic rings. The summed E-state index contributed by atoms with van der Waals surface area (Å²) in [6.45, 7) is 10.2. The van der Waals surface area contributed by atoms with Crippen molar-refractivity contribution in [3.8, 4) is 0 Å². The molecule has 2 heteroatoms. The van der Waals surface area contributed by atoms with Gasteiger partial charge in [-0.3, -0.25) is 0 Å². The fraction of sp³-hybridized carbons (Fsp3) is 0.625. The van der Waals surface area contributed by atoms with Gasteiger partial charge in [0.25, 0.3) is 0 Å². The zero-order valence-corrected chi connectivity index (χ0v) is 12.1. The fourth-order valence-corrected chi connectivity index (χ4v) is 1.54. The normalized spacial score (nSPS) is 13.2. The quantitative estimate of drug-likeness (QED) is 0.636. The molecule has 2 nitrogen and oxygen atoms in total. The third-order valence-corrected chi connectivity index (χ3v) is 2.62. The Morgan fingerprint density at radius 3 is 2.11 bits per heavy atom. The summed E-state index contributed by atoms with van der Waals surface area (Å²) < 4.78 is 11.7. The van der Waals surface area contributed by atoms with Crippen LogP contribution in [-0.4, -0.2) is 13.2 Å². The first-order valence-corrected chi connectivity index (χ1v) is 6.87. The van der Waals surface area contributed by atoms with Crippen LogP contribution in [-0.2, 0) is 9.47 Å².